The van der Waals surface area contributed by atoms with Crippen LogP contribution < -0.4 is 0 Å². The van der Waals surface area contributed by atoms with Crippen LogP contribution in [0.3, 0.4) is 0 Å². The van der Waals surface area contributed by atoms with E-state index in [9.17, 15) is 4.55 Å². The lowest BCUT2D eigenvalue weighted by Crippen LogP contribution is -2.09. The number of hydrogen-bond donors (Lipinski definition) is 0. The summed E-state index contributed by atoms with van der Waals surface area (Å²) in [5, 5.41) is 0.528. The Kier molecular flexibility index (Phi) is 3.99. The maximum absolute atomic E-state index is 11.7. The molecule has 0 saturated carbocycles. The zero-order chi connectivity index (χ0) is 11.5. The van der Waals surface area contributed by atoms with Gasteiger partial charge in [0.05, 0.1) is 5.02 Å². The van der Waals surface area contributed by atoms with Crippen LogP contribution in [0.25, 0.3) is 10.3 Å². The van der Waals surface area contributed by atoms with Gasteiger partial charge in [-0.15, -0.1) is 0 Å². The SMILES string of the molecule is CCOC[S+]([O-])c1nc2cc(Cl)cnc2s1. The number of pyridine rings is 1. The second-order valence-corrected chi connectivity index (χ2v) is 5.90. The number of halogens is 1. The van der Waals surface area contributed by atoms with Crippen LogP contribution in [0.15, 0.2) is 16.6 Å². The normalized spacial score (nSPS) is 13.2. The first-order chi connectivity index (χ1) is 7.70. The van der Waals surface area contributed by atoms with Gasteiger partial charge in [-0.25, -0.2) is 4.98 Å². The van der Waals surface area contributed by atoms with Crippen molar-refractivity contribution >= 4 is 44.5 Å². The number of aromatic nitrogens is 2. The number of thiazole rings is 1. The van der Waals surface area contributed by atoms with Gasteiger partial charge in [-0.05, 0) is 24.3 Å². The Balaban J connectivity index is 2.25. The first-order valence-corrected chi connectivity index (χ1v) is 7.10. The zero-order valence-corrected chi connectivity index (χ0v) is 10.9. The van der Waals surface area contributed by atoms with Gasteiger partial charge in [0.1, 0.15) is 10.3 Å². The van der Waals surface area contributed by atoms with Crippen molar-refractivity contribution in [3.8, 4) is 0 Å². The molecule has 0 fully saturated rings. The summed E-state index contributed by atoms with van der Waals surface area (Å²) in [5.74, 6) is 0.171. The minimum absolute atomic E-state index is 0.171. The lowest BCUT2D eigenvalue weighted by molar-refractivity contribution is 0.192. The molecule has 0 aliphatic heterocycles. The van der Waals surface area contributed by atoms with Crippen molar-refractivity contribution in [1.29, 1.82) is 0 Å². The molecule has 0 aromatic carbocycles. The molecule has 2 aromatic heterocycles. The molecule has 1 atom stereocenters. The fourth-order valence-electron chi connectivity index (χ4n) is 1.09. The summed E-state index contributed by atoms with van der Waals surface area (Å²) >= 11 is 5.88. The Bertz CT molecular complexity index is 491. The maximum atomic E-state index is 11.7. The van der Waals surface area contributed by atoms with Crippen LogP contribution in [0.2, 0.25) is 5.02 Å². The second-order valence-electron chi connectivity index (χ2n) is 2.91. The van der Waals surface area contributed by atoms with Crippen LogP contribution in [0.1, 0.15) is 6.92 Å². The molecule has 7 heteroatoms. The summed E-state index contributed by atoms with van der Waals surface area (Å²) in [6.45, 7) is 2.40. The summed E-state index contributed by atoms with van der Waals surface area (Å²) in [7, 11) is 0. The van der Waals surface area contributed by atoms with Gasteiger partial charge in [0.25, 0.3) is 0 Å². The fourth-order valence-corrected chi connectivity index (χ4v) is 3.23. The average Bonchev–Trinajstić information content (AvgIpc) is 2.68. The maximum Gasteiger partial charge on any atom is 0.306 e. The lowest BCUT2D eigenvalue weighted by Gasteiger charge is -2.04. The Morgan fingerprint density at radius 2 is 2.44 bits per heavy atom. The molecule has 0 radical (unpaired) electrons. The van der Waals surface area contributed by atoms with Crippen LogP contribution in [-0.4, -0.2) is 27.1 Å². The van der Waals surface area contributed by atoms with Gasteiger partial charge in [0.15, 0.2) is 0 Å². The highest BCUT2D eigenvalue weighted by molar-refractivity contribution is 7.93. The average molecular weight is 277 g/mol. The van der Waals surface area contributed by atoms with Gasteiger partial charge in [-0.3, -0.25) is 0 Å². The lowest BCUT2D eigenvalue weighted by atomic mass is 10.5. The van der Waals surface area contributed by atoms with Crippen molar-refractivity contribution in [2.24, 2.45) is 0 Å². The van der Waals surface area contributed by atoms with E-state index in [-0.39, 0.29) is 5.94 Å². The van der Waals surface area contributed by atoms with Crippen molar-refractivity contribution in [3.05, 3.63) is 17.3 Å². The minimum Gasteiger partial charge on any atom is -0.608 e. The fraction of sp³-hybridized carbons (Fsp3) is 0.333. The van der Waals surface area contributed by atoms with Crippen molar-refractivity contribution in [2.75, 3.05) is 12.5 Å². The van der Waals surface area contributed by atoms with Crippen molar-refractivity contribution in [2.45, 2.75) is 11.3 Å². The molecule has 0 saturated heterocycles. The van der Waals surface area contributed by atoms with E-state index >= 15 is 0 Å². The van der Waals surface area contributed by atoms with Crippen LogP contribution >= 0.6 is 22.9 Å². The number of ether oxygens (including phenoxy) is 1. The summed E-state index contributed by atoms with van der Waals surface area (Å²) in [6, 6.07) is 1.71. The van der Waals surface area contributed by atoms with Crippen LogP contribution in [-0.2, 0) is 15.9 Å². The van der Waals surface area contributed by atoms with Gasteiger partial charge in [0.2, 0.25) is 5.94 Å². The van der Waals surface area contributed by atoms with Gasteiger partial charge >= 0.3 is 4.34 Å². The van der Waals surface area contributed by atoms with Crippen molar-refractivity contribution in [3.63, 3.8) is 0 Å². The summed E-state index contributed by atoms with van der Waals surface area (Å²) in [5.41, 5.74) is 0.678. The van der Waals surface area contributed by atoms with E-state index in [2.05, 4.69) is 9.97 Å². The first kappa shape index (κ1) is 12.1. The predicted octanol–water partition coefficient (Wildman–Crippen LogP) is 2.45. The summed E-state index contributed by atoms with van der Waals surface area (Å²) in [4.78, 5) is 9.07. The highest BCUT2D eigenvalue weighted by Crippen LogP contribution is 2.26. The number of rotatable bonds is 4. The van der Waals surface area contributed by atoms with Crippen molar-refractivity contribution < 1.29 is 9.29 Å². The third-order valence-corrected chi connectivity index (χ3v) is 4.43. The first-order valence-electron chi connectivity index (χ1n) is 4.59. The Morgan fingerprint density at radius 1 is 1.62 bits per heavy atom. The standard InChI is InChI=1S/C9H9ClN2O2S2/c1-2-14-5-16(13)9-12-7-3-6(10)4-11-8(7)15-9/h3-4H,2,5H2,1H3. The molecule has 16 heavy (non-hydrogen) atoms. The Labute approximate surface area is 105 Å². The molecule has 86 valence electrons. The molecular formula is C9H9ClN2O2S2. The van der Waals surface area contributed by atoms with E-state index in [1.54, 1.807) is 12.3 Å². The molecular weight excluding hydrogens is 268 g/mol. The Hall–Kier alpha value is -0.400. The highest BCUT2D eigenvalue weighted by atomic mass is 35.5. The van der Waals surface area contributed by atoms with Crippen LogP contribution in [0, 0.1) is 0 Å². The molecule has 2 heterocycles. The molecule has 1 unspecified atom stereocenters. The van der Waals surface area contributed by atoms with Gasteiger partial charge in [-0.2, -0.15) is 4.98 Å². The monoisotopic (exact) mass is 276 g/mol. The van der Waals surface area contributed by atoms with E-state index < -0.39 is 11.2 Å². The van der Waals surface area contributed by atoms with E-state index in [1.807, 2.05) is 6.92 Å². The molecule has 2 rings (SSSR count). The quantitative estimate of drug-likeness (QED) is 0.805. The van der Waals surface area contributed by atoms with Crippen molar-refractivity contribution in [1.82, 2.24) is 9.97 Å². The minimum atomic E-state index is -1.22. The van der Waals surface area contributed by atoms with Crippen LogP contribution in [0.5, 0.6) is 0 Å². The molecule has 0 bridgehead atoms. The molecule has 2 aromatic rings. The van der Waals surface area contributed by atoms with Gasteiger partial charge in [0, 0.05) is 24.0 Å². The third kappa shape index (κ3) is 2.64. The molecule has 0 aliphatic carbocycles. The predicted molar refractivity (Wildman–Crippen MR) is 65.3 cm³/mol. The van der Waals surface area contributed by atoms with Gasteiger partial charge < -0.3 is 9.29 Å². The number of hydrogen-bond acceptors (Lipinski definition) is 5. The third-order valence-electron chi connectivity index (χ3n) is 1.78. The summed E-state index contributed by atoms with van der Waals surface area (Å²) < 4.78 is 17.3. The van der Waals surface area contributed by atoms with E-state index in [1.165, 1.54) is 11.3 Å². The largest absolute Gasteiger partial charge is 0.608 e. The zero-order valence-electron chi connectivity index (χ0n) is 8.47. The smallest absolute Gasteiger partial charge is 0.306 e. The van der Waals surface area contributed by atoms with Crippen LogP contribution in [0.4, 0.5) is 0 Å². The molecule has 0 aliphatic rings. The van der Waals surface area contributed by atoms with E-state index in [0.29, 0.717) is 21.5 Å². The number of nitrogens with zero attached hydrogens (tertiary/aromatic N) is 2. The van der Waals surface area contributed by atoms with E-state index in [0.717, 1.165) is 4.83 Å². The molecule has 4 nitrogen and oxygen atoms in total. The Morgan fingerprint density at radius 3 is 3.19 bits per heavy atom. The topological polar surface area (TPSA) is 58.1 Å². The van der Waals surface area contributed by atoms with Gasteiger partial charge in [-0.1, -0.05) is 11.6 Å². The molecule has 0 amide bonds. The number of fused-ring (bicyclic) bond motifs is 1. The molecule has 0 N–H and O–H groups in total. The highest BCUT2D eigenvalue weighted by Gasteiger charge is 2.17. The second kappa shape index (κ2) is 5.29. The molecule has 0 spiro atoms. The van der Waals surface area contributed by atoms with E-state index in [4.69, 9.17) is 16.3 Å². The summed E-state index contributed by atoms with van der Waals surface area (Å²) in [6.07, 6.45) is 1.55.